The second kappa shape index (κ2) is 7.99. The number of para-hydroxylation sites is 1. The number of amides is 1. The molecule has 0 N–H and O–H groups in total. The van der Waals surface area contributed by atoms with E-state index in [1.165, 1.54) is 0 Å². The third-order valence-corrected chi connectivity index (χ3v) is 4.10. The lowest BCUT2D eigenvalue weighted by molar-refractivity contribution is 0.0782. The average molecular weight is 355 g/mol. The summed E-state index contributed by atoms with van der Waals surface area (Å²) >= 11 is 5.92. The van der Waals surface area contributed by atoms with E-state index < -0.39 is 0 Å². The molecule has 0 atom stereocenters. The van der Waals surface area contributed by atoms with Crippen LogP contribution in [-0.4, -0.2) is 36.0 Å². The summed E-state index contributed by atoms with van der Waals surface area (Å²) in [5.74, 6) is 0.645. The number of benzene rings is 2. The van der Waals surface area contributed by atoms with Gasteiger partial charge < -0.3 is 9.64 Å². The number of hydrogen-bond donors (Lipinski definition) is 0. The first-order valence-corrected chi connectivity index (χ1v) is 8.51. The number of aromatic nitrogens is 1. The lowest BCUT2D eigenvalue weighted by Crippen LogP contribution is -2.29. The van der Waals surface area contributed by atoms with E-state index in [2.05, 4.69) is 4.98 Å². The first kappa shape index (κ1) is 17.2. The molecule has 0 unspecified atom stereocenters. The molecule has 1 aromatic heterocycles. The van der Waals surface area contributed by atoms with Crippen molar-refractivity contribution in [3.63, 3.8) is 0 Å². The van der Waals surface area contributed by atoms with Gasteiger partial charge in [-0.15, -0.1) is 0 Å². The summed E-state index contributed by atoms with van der Waals surface area (Å²) in [7, 11) is 1.78. The van der Waals surface area contributed by atoms with Crippen LogP contribution in [0.1, 0.15) is 16.9 Å². The molecule has 1 heterocycles. The Morgan fingerprint density at radius 1 is 1.12 bits per heavy atom. The van der Waals surface area contributed by atoms with E-state index in [9.17, 15) is 4.79 Å². The Hall–Kier alpha value is -2.59. The SMILES string of the molecule is CN(CCCOc1cccc(Cl)c1)C(=O)c1ccc2ccccc2n1. The minimum absolute atomic E-state index is 0.0893. The predicted molar refractivity (Wildman–Crippen MR) is 100 cm³/mol. The molecule has 0 bridgehead atoms. The molecule has 0 spiro atoms. The van der Waals surface area contributed by atoms with Crippen molar-refractivity contribution >= 4 is 28.4 Å². The van der Waals surface area contributed by atoms with E-state index in [1.807, 2.05) is 42.5 Å². The van der Waals surface area contributed by atoms with Crippen molar-refractivity contribution < 1.29 is 9.53 Å². The van der Waals surface area contributed by atoms with Gasteiger partial charge in [-0.05, 0) is 36.8 Å². The van der Waals surface area contributed by atoms with Crippen LogP contribution >= 0.6 is 11.6 Å². The van der Waals surface area contributed by atoms with Gasteiger partial charge in [0.25, 0.3) is 5.91 Å². The molecule has 5 heteroatoms. The fourth-order valence-corrected chi connectivity index (χ4v) is 2.71. The highest BCUT2D eigenvalue weighted by molar-refractivity contribution is 6.30. The van der Waals surface area contributed by atoms with E-state index in [1.54, 1.807) is 30.1 Å². The molecule has 25 heavy (non-hydrogen) atoms. The standard InChI is InChI=1S/C20H19ClN2O2/c1-23(12-5-13-25-17-8-4-7-16(21)14-17)20(24)19-11-10-15-6-2-3-9-18(15)22-19/h2-4,6-11,14H,5,12-13H2,1H3. The minimum Gasteiger partial charge on any atom is -0.493 e. The quantitative estimate of drug-likeness (QED) is 0.615. The molecule has 0 saturated carbocycles. The summed E-state index contributed by atoms with van der Waals surface area (Å²) in [6.07, 6.45) is 0.725. The number of rotatable bonds is 6. The highest BCUT2D eigenvalue weighted by Gasteiger charge is 2.13. The molecule has 0 radical (unpaired) electrons. The second-order valence-electron chi connectivity index (χ2n) is 5.78. The molecule has 128 valence electrons. The van der Waals surface area contributed by atoms with Gasteiger partial charge in [-0.2, -0.15) is 0 Å². The Bertz CT molecular complexity index is 882. The first-order chi connectivity index (χ1) is 12.1. The maximum Gasteiger partial charge on any atom is 0.272 e. The third kappa shape index (κ3) is 4.48. The van der Waals surface area contributed by atoms with Crippen molar-refractivity contribution in [2.75, 3.05) is 20.2 Å². The van der Waals surface area contributed by atoms with Crippen LogP contribution in [0.25, 0.3) is 10.9 Å². The zero-order chi connectivity index (χ0) is 17.6. The van der Waals surface area contributed by atoms with Gasteiger partial charge in [-0.3, -0.25) is 4.79 Å². The van der Waals surface area contributed by atoms with Gasteiger partial charge in [0.1, 0.15) is 11.4 Å². The number of hydrogen-bond acceptors (Lipinski definition) is 3. The van der Waals surface area contributed by atoms with Crippen LogP contribution in [0.15, 0.2) is 60.7 Å². The maximum atomic E-state index is 12.5. The van der Waals surface area contributed by atoms with Gasteiger partial charge in [0.2, 0.25) is 0 Å². The number of ether oxygens (including phenoxy) is 1. The van der Waals surface area contributed by atoms with Crippen LogP contribution < -0.4 is 4.74 Å². The fraction of sp³-hybridized carbons (Fsp3) is 0.200. The summed E-state index contributed by atoms with van der Waals surface area (Å²) in [5, 5.41) is 1.67. The summed E-state index contributed by atoms with van der Waals surface area (Å²) in [4.78, 5) is 18.6. The first-order valence-electron chi connectivity index (χ1n) is 8.13. The zero-order valence-electron chi connectivity index (χ0n) is 14.0. The van der Waals surface area contributed by atoms with Gasteiger partial charge in [-0.25, -0.2) is 4.98 Å². The summed E-state index contributed by atoms with van der Waals surface area (Å²) in [6.45, 7) is 1.11. The predicted octanol–water partition coefficient (Wildman–Crippen LogP) is 4.43. The van der Waals surface area contributed by atoms with Crippen LogP contribution in [-0.2, 0) is 0 Å². The van der Waals surface area contributed by atoms with E-state index in [4.69, 9.17) is 16.3 Å². The highest BCUT2D eigenvalue weighted by atomic mass is 35.5. The molecule has 4 nitrogen and oxygen atoms in total. The molecule has 0 aliphatic heterocycles. The molecule has 0 aliphatic rings. The van der Waals surface area contributed by atoms with E-state index in [-0.39, 0.29) is 5.91 Å². The van der Waals surface area contributed by atoms with Crippen molar-refractivity contribution in [1.29, 1.82) is 0 Å². The Morgan fingerprint density at radius 2 is 1.96 bits per heavy atom. The van der Waals surface area contributed by atoms with Crippen LogP contribution in [0.5, 0.6) is 5.75 Å². The Labute approximate surface area is 152 Å². The molecule has 3 rings (SSSR count). The largest absolute Gasteiger partial charge is 0.493 e. The van der Waals surface area contributed by atoms with Gasteiger partial charge >= 0.3 is 0 Å². The Morgan fingerprint density at radius 3 is 2.80 bits per heavy atom. The van der Waals surface area contributed by atoms with Crippen LogP contribution in [0.2, 0.25) is 5.02 Å². The van der Waals surface area contributed by atoms with Gasteiger partial charge in [0.15, 0.2) is 0 Å². The monoisotopic (exact) mass is 354 g/mol. The van der Waals surface area contributed by atoms with Crippen molar-refractivity contribution in [1.82, 2.24) is 9.88 Å². The molecular formula is C20H19ClN2O2. The number of fused-ring (bicyclic) bond motifs is 1. The van der Waals surface area contributed by atoms with Gasteiger partial charge in [0, 0.05) is 24.0 Å². The van der Waals surface area contributed by atoms with E-state index in [0.717, 1.165) is 23.1 Å². The highest BCUT2D eigenvalue weighted by Crippen LogP contribution is 2.17. The molecule has 3 aromatic rings. The van der Waals surface area contributed by atoms with Crippen LogP contribution in [0.4, 0.5) is 0 Å². The van der Waals surface area contributed by atoms with Crippen molar-refractivity contribution in [2.45, 2.75) is 6.42 Å². The topological polar surface area (TPSA) is 42.4 Å². The Kier molecular flexibility index (Phi) is 5.51. The van der Waals surface area contributed by atoms with Crippen molar-refractivity contribution in [3.8, 4) is 5.75 Å². The van der Waals surface area contributed by atoms with Gasteiger partial charge in [-0.1, -0.05) is 41.9 Å². The summed E-state index contributed by atoms with van der Waals surface area (Å²) in [6, 6.07) is 18.7. The molecule has 1 amide bonds. The molecule has 0 aliphatic carbocycles. The van der Waals surface area contributed by atoms with Crippen molar-refractivity contribution in [2.24, 2.45) is 0 Å². The molecule has 0 saturated heterocycles. The number of carbonyl (C=O) groups is 1. The molecular weight excluding hydrogens is 336 g/mol. The zero-order valence-corrected chi connectivity index (χ0v) is 14.7. The minimum atomic E-state index is -0.0893. The number of pyridine rings is 1. The third-order valence-electron chi connectivity index (χ3n) is 3.87. The maximum absolute atomic E-state index is 12.5. The summed E-state index contributed by atoms with van der Waals surface area (Å²) in [5.41, 5.74) is 1.28. The van der Waals surface area contributed by atoms with Crippen LogP contribution in [0.3, 0.4) is 0 Å². The van der Waals surface area contributed by atoms with Crippen LogP contribution in [0, 0.1) is 0 Å². The number of halogens is 1. The molecule has 2 aromatic carbocycles. The smallest absolute Gasteiger partial charge is 0.272 e. The number of carbonyl (C=O) groups excluding carboxylic acids is 1. The second-order valence-corrected chi connectivity index (χ2v) is 6.21. The normalized spacial score (nSPS) is 10.6. The van der Waals surface area contributed by atoms with E-state index >= 15 is 0 Å². The number of nitrogens with zero attached hydrogens (tertiary/aromatic N) is 2. The van der Waals surface area contributed by atoms with E-state index in [0.29, 0.717) is 23.9 Å². The lowest BCUT2D eigenvalue weighted by atomic mass is 10.2. The lowest BCUT2D eigenvalue weighted by Gasteiger charge is -2.17. The average Bonchev–Trinajstić information content (AvgIpc) is 2.64. The summed E-state index contributed by atoms with van der Waals surface area (Å²) < 4.78 is 5.64. The molecule has 0 fully saturated rings. The van der Waals surface area contributed by atoms with Gasteiger partial charge in [0.05, 0.1) is 12.1 Å². The Balaban J connectivity index is 1.53. The fourth-order valence-electron chi connectivity index (χ4n) is 2.53. The van der Waals surface area contributed by atoms with Crippen molar-refractivity contribution in [3.05, 3.63) is 71.4 Å².